The van der Waals surface area contributed by atoms with E-state index < -0.39 is 158 Å². The molecule has 7 aromatic carbocycles. The zero-order valence-electron chi connectivity index (χ0n) is 63.4. The summed E-state index contributed by atoms with van der Waals surface area (Å²) < 4.78 is 153. The van der Waals surface area contributed by atoms with Gasteiger partial charge in [-0.2, -0.15) is 0 Å². The van der Waals surface area contributed by atoms with Crippen LogP contribution in [0.3, 0.4) is 0 Å². The van der Waals surface area contributed by atoms with Crippen molar-refractivity contribution in [3.05, 3.63) is 239 Å². The monoisotopic (exact) mass is 1570 g/mol. The first-order chi connectivity index (χ1) is 54.6. The lowest BCUT2D eigenvalue weighted by atomic mass is 9.85. The Balaban J connectivity index is 0.734. The van der Waals surface area contributed by atoms with Crippen LogP contribution < -0.4 is 9.47 Å². The van der Waals surface area contributed by atoms with Crippen molar-refractivity contribution < 1.29 is 124 Å². The molecule has 26 nitrogen and oxygen atoms in total. The molecule has 27 heteroatoms. The van der Waals surface area contributed by atoms with Crippen molar-refractivity contribution in [2.24, 2.45) is 0 Å². The number of methoxy groups -OCH3 is 3. The Morgan fingerprint density at radius 2 is 1.03 bits per heavy atom. The Morgan fingerprint density at radius 1 is 0.500 bits per heavy atom. The highest BCUT2D eigenvalue weighted by Gasteiger charge is 2.68. The van der Waals surface area contributed by atoms with E-state index in [9.17, 15) is 14.7 Å². The van der Waals surface area contributed by atoms with Gasteiger partial charge < -0.3 is 114 Å². The van der Waals surface area contributed by atoms with Gasteiger partial charge in [-0.05, 0) is 72.7 Å². The second-order valence-electron chi connectivity index (χ2n) is 28.7. The van der Waals surface area contributed by atoms with Gasteiger partial charge in [0.1, 0.15) is 122 Å². The van der Waals surface area contributed by atoms with Crippen molar-refractivity contribution in [1.29, 1.82) is 0 Å². The number of fused-ring (bicyclic) bond motifs is 3. The third-order valence-electron chi connectivity index (χ3n) is 20.9. The molecular formula is C85H97ClO26. The van der Waals surface area contributed by atoms with E-state index in [1.54, 1.807) is 26.0 Å². The van der Waals surface area contributed by atoms with Gasteiger partial charge in [0.25, 0.3) is 0 Å². The Labute approximate surface area is 655 Å². The van der Waals surface area contributed by atoms with Gasteiger partial charge in [-0.25, -0.2) is 4.79 Å². The molecule has 7 saturated heterocycles. The maximum atomic E-state index is 14.7. The van der Waals surface area contributed by atoms with Crippen LogP contribution in [0.5, 0.6) is 11.5 Å². The molecule has 0 aliphatic carbocycles. The van der Waals surface area contributed by atoms with Gasteiger partial charge >= 0.3 is 17.9 Å². The lowest BCUT2D eigenvalue weighted by Crippen LogP contribution is -2.69. The van der Waals surface area contributed by atoms with Crippen LogP contribution in [-0.4, -0.2) is 211 Å². The van der Waals surface area contributed by atoms with Gasteiger partial charge in [0.2, 0.25) is 0 Å². The summed E-state index contributed by atoms with van der Waals surface area (Å²) in [5, 5.41) is 12.7. The molecule has 14 rings (SSSR count). The molecule has 0 radical (unpaired) electrons. The number of benzene rings is 7. The molecule has 7 aliphatic heterocycles. The highest BCUT2D eigenvalue weighted by Crippen LogP contribution is 2.48. The molecule has 23 atom stereocenters. The molecule has 7 aliphatic rings. The Kier molecular flexibility index (Phi) is 27.5. The maximum Gasteiger partial charge on any atom is 0.342 e. The van der Waals surface area contributed by atoms with E-state index in [4.69, 9.17) is 121 Å². The predicted molar refractivity (Wildman–Crippen MR) is 398 cm³/mol. The highest BCUT2D eigenvalue weighted by molar-refractivity contribution is 6.26. The van der Waals surface area contributed by atoms with Crippen molar-refractivity contribution >= 4 is 23.5 Å². The summed E-state index contributed by atoms with van der Waals surface area (Å²) in [6, 6.07) is 60.9. The third kappa shape index (κ3) is 18.9. The van der Waals surface area contributed by atoms with Crippen molar-refractivity contribution in [2.45, 2.75) is 208 Å². The van der Waals surface area contributed by atoms with Crippen LogP contribution in [0.1, 0.15) is 70.1 Å². The number of esters is 2. The molecule has 1 spiro atoms. The molecule has 7 fully saturated rings. The van der Waals surface area contributed by atoms with E-state index in [-0.39, 0.29) is 71.0 Å². The third-order valence-corrected chi connectivity index (χ3v) is 21.1. The van der Waals surface area contributed by atoms with E-state index >= 15 is 0 Å². The van der Waals surface area contributed by atoms with Crippen LogP contribution in [0.15, 0.2) is 194 Å². The largest absolute Gasteiger partial charge is 0.489 e. The van der Waals surface area contributed by atoms with Crippen LogP contribution in [0, 0.1) is 6.92 Å². The number of hydrogen-bond donors (Lipinski definition) is 1. The van der Waals surface area contributed by atoms with Crippen LogP contribution in [0.4, 0.5) is 0 Å². The number of rotatable bonds is 32. The molecule has 7 heterocycles. The fourth-order valence-electron chi connectivity index (χ4n) is 15.4. The zero-order chi connectivity index (χ0) is 77.7. The molecular weight excluding hydrogens is 1470 g/mol. The topological polar surface area (TPSA) is 267 Å². The fraction of sp³-hybridized carbons (Fsp3) is 0.482. The average Bonchev–Trinajstić information content (AvgIpc) is 1.63. The second-order valence-corrected chi connectivity index (χ2v) is 29.0. The number of halogens is 1. The summed E-state index contributed by atoms with van der Waals surface area (Å²) in [7, 11) is 4.57. The fourth-order valence-corrected chi connectivity index (χ4v) is 15.4. The Hall–Kier alpha value is -7.43. The molecule has 0 unspecified atom stereocenters. The van der Waals surface area contributed by atoms with Crippen molar-refractivity contribution in [2.75, 3.05) is 53.8 Å². The minimum atomic E-state index is -1.94. The highest BCUT2D eigenvalue weighted by atomic mass is 35.5. The predicted octanol–water partition coefficient (Wildman–Crippen LogP) is 10.2. The summed E-state index contributed by atoms with van der Waals surface area (Å²) in [6.45, 7) is 6.73. The Morgan fingerprint density at radius 3 is 1.60 bits per heavy atom. The molecule has 0 amide bonds. The van der Waals surface area contributed by atoms with Crippen molar-refractivity contribution in [3.8, 4) is 11.5 Å². The summed E-state index contributed by atoms with van der Waals surface area (Å²) >= 11 is 5.97. The Bertz CT molecular complexity index is 4090. The summed E-state index contributed by atoms with van der Waals surface area (Å²) in [6.07, 6.45) is -23.1. The molecule has 7 aromatic rings. The number of aliphatic hydroxyl groups is 1. The average molecular weight is 1570 g/mol. The standard InChI is InChI=1S/C85H97ClO26/c1-51-38-60(93-41-54-26-14-8-15-27-54)39-61(94-42-55-28-16-9-17-29-55)66(51)79(88)105-63-49-102-85(77-70(63)100-50-101-77)111-64-48-99-80(74(69(64)112-85)96-44-57-32-20-11-21-33-57)110-81-73(92-7)71(95-43-56-30-18-10-19-31-56)68(62(106-81)47-90-5)108-82-75(97-45-58-34-22-12-23-35-58)72(67(91-6)52(2)103-82)109-83-78(98-46-59-36-24-13-25-37-59)84(4,89)76(53(3)104-83)107-65(87)40-86/h8-39,52-53,62-64,67-78,80-83,89H,40-50H2,1-7H3/t52-,53-,62-,63-,64+,67+,68-,69-,70+,71+,72+,73+,74-,75-,76-,77-,78-,80+,81+,82+,83+,84+,85-/m1/s1. The van der Waals surface area contributed by atoms with E-state index in [1.807, 2.05) is 189 Å². The van der Waals surface area contributed by atoms with Gasteiger partial charge in [-0.1, -0.05) is 182 Å². The number of ether oxygens (including phenoxy) is 23. The SMILES string of the molecule is COC[C@H]1O[C@@H](O[C@@H]2OC[C@@H]3O[C@@]4(OC[C@@H](OC(=O)c5c(C)cc(OCc6ccccc6)cc5OCc5ccccc5)[C@@H]5OCO[C@H]54)O[C@H]3[C@H]2OCc2ccccc2)[C@@H](OC)[C@@H](OCc2ccccc2)[C@@H]1O[C@@H]1O[C@H](C)[C@H](OC)[C@H](O[C@@H]2O[C@H](C)[C@@H](OC(=O)CCl)[C@](C)(O)[C@@H]2OCc2ccccc2)[C@H]1OCc1ccccc1. The molecule has 1 N–H and O–H groups in total. The number of carbonyl (C=O) groups is 2. The molecule has 600 valence electrons. The van der Waals surface area contributed by atoms with Gasteiger partial charge in [-0.15, -0.1) is 11.6 Å². The van der Waals surface area contributed by atoms with Gasteiger partial charge in [0.15, 0.2) is 43.5 Å². The first-order valence-electron chi connectivity index (χ1n) is 37.7. The molecule has 0 saturated carbocycles. The lowest BCUT2D eigenvalue weighted by Gasteiger charge is -2.52. The smallest absolute Gasteiger partial charge is 0.342 e. The lowest BCUT2D eigenvalue weighted by molar-refractivity contribution is -0.407. The van der Waals surface area contributed by atoms with Gasteiger partial charge in [0, 0.05) is 27.4 Å². The maximum absolute atomic E-state index is 14.7. The van der Waals surface area contributed by atoms with Crippen molar-refractivity contribution in [3.63, 3.8) is 0 Å². The summed E-state index contributed by atoms with van der Waals surface area (Å²) in [5.74, 6) is -3.09. The number of alkyl halides is 1. The van der Waals surface area contributed by atoms with E-state index in [2.05, 4.69) is 0 Å². The van der Waals surface area contributed by atoms with E-state index in [0.29, 0.717) is 17.9 Å². The number of carbonyl (C=O) groups excluding carboxylic acids is 2. The first kappa shape index (κ1) is 81.1. The zero-order valence-corrected chi connectivity index (χ0v) is 64.2. The first-order valence-corrected chi connectivity index (χ1v) is 38.2. The van der Waals surface area contributed by atoms with Crippen LogP contribution >= 0.6 is 11.6 Å². The minimum absolute atomic E-state index is 0.00628. The van der Waals surface area contributed by atoms with E-state index in [1.165, 1.54) is 28.3 Å². The number of hydrogen-bond acceptors (Lipinski definition) is 26. The van der Waals surface area contributed by atoms with Gasteiger partial charge in [-0.3, -0.25) is 4.79 Å². The molecule has 0 bridgehead atoms. The van der Waals surface area contributed by atoms with Crippen molar-refractivity contribution in [1.82, 2.24) is 0 Å². The van der Waals surface area contributed by atoms with Gasteiger partial charge in [0.05, 0.1) is 58.5 Å². The number of aryl methyl sites for hydroxylation is 1. The van der Waals surface area contributed by atoms with Crippen LogP contribution in [-0.2, 0) is 144 Å². The summed E-state index contributed by atoms with van der Waals surface area (Å²) in [5.41, 5.74) is 3.92. The molecule has 112 heavy (non-hydrogen) atoms. The minimum Gasteiger partial charge on any atom is -0.489 e. The normalized spacial score (nSPS) is 33.0. The van der Waals surface area contributed by atoms with Crippen LogP contribution in [0.2, 0.25) is 0 Å². The second kappa shape index (κ2) is 37.9. The quantitative estimate of drug-likeness (QED) is 0.0303. The van der Waals surface area contributed by atoms with Crippen LogP contribution in [0.25, 0.3) is 0 Å². The summed E-state index contributed by atoms with van der Waals surface area (Å²) in [4.78, 5) is 27.6. The molecule has 0 aromatic heterocycles. The van der Waals surface area contributed by atoms with E-state index in [0.717, 1.165) is 33.4 Å².